The summed E-state index contributed by atoms with van der Waals surface area (Å²) in [5, 5.41) is 10.4. The van der Waals surface area contributed by atoms with Gasteiger partial charge in [-0.05, 0) is 28.8 Å². The van der Waals surface area contributed by atoms with Crippen LogP contribution in [0, 0.1) is 0 Å². The minimum atomic E-state index is -0.480. The van der Waals surface area contributed by atoms with Crippen molar-refractivity contribution in [2.75, 3.05) is 13.3 Å². The fourth-order valence-electron chi connectivity index (χ4n) is 3.06. The van der Waals surface area contributed by atoms with Crippen molar-refractivity contribution in [1.82, 2.24) is 4.90 Å². The van der Waals surface area contributed by atoms with Crippen molar-refractivity contribution < 1.29 is 14.6 Å². The zero-order valence-corrected chi connectivity index (χ0v) is 11.7. The van der Waals surface area contributed by atoms with Crippen LogP contribution in [0.15, 0.2) is 42.5 Å². The molecule has 1 atom stereocenters. The smallest absolute Gasteiger partial charge is 0.231 e. The SMILES string of the molecule is OC1CN(Cc2ccccc2)Cc2cc3c(cc21)OCO3. The highest BCUT2D eigenvalue weighted by atomic mass is 16.7. The second-order valence-corrected chi connectivity index (χ2v) is 5.58. The largest absolute Gasteiger partial charge is 0.454 e. The Kier molecular flexibility index (Phi) is 3.05. The molecule has 2 heterocycles. The maximum absolute atomic E-state index is 10.4. The Hall–Kier alpha value is -2.04. The third kappa shape index (κ3) is 2.37. The number of hydrogen-bond donors (Lipinski definition) is 1. The lowest BCUT2D eigenvalue weighted by Gasteiger charge is -2.32. The molecule has 2 aliphatic rings. The van der Waals surface area contributed by atoms with E-state index in [1.807, 2.05) is 30.3 Å². The van der Waals surface area contributed by atoms with E-state index in [0.29, 0.717) is 6.54 Å². The van der Waals surface area contributed by atoms with Gasteiger partial charge in [-0.3, -0.25) is 4.90 Å². The van der Waals surface area contributed by atoms with E-state index in [2.05, 4.69) is 17.0 Å². The van der Waals surface area contributed by atoms with Crippen molar-refractivity contribution in [2.24, 2.45) is 0 Å². The van der Waals surface area contributed by atoms with Gasteiger partial charge >= 0.3 is 0 Å². The van der Waals surface area contributed by atoms with Crippen LogP contribution < -0.4 is 9.47 Å². The van der Waals surface area contributed by atoms with Crippen molar-refractivity contribution >= 4 is 0 Å². The lowest BCUT2D eigenvalue weighted by molar-refractivity contribution is 0.0880. The van der Waals surface area contributed by atoms with E-state index < -0.39 is 6.10 Å². The van der Waals surface area contributed by atoms with Gasteiger partial charge in [0.15, 0.2) is 11.5 Å². The molecule has 0 bridgehead atoms. The number of benzene rings is 2. The molecule has 0 aromatic heterocycles. The molecule has 1 unspecified atom stereocenters. The van der Waals surface area contributed by atoms with Crippen molar-refractivity contribution in [3.05, 3.63) is 59.2 Å². The van der Waals surface area contributed by atoms with E-state index in [0.717, 1.165) is 35.7 Å². The van der Waals surface area contributed by atoms with Gasteiger partial charge in [0.1, 0.15) is 0 Å². The topological polar surface area (TPSA) is 41.9 Å². The summed E-state index contributed by atoms with van der Waals surface area (Å²) in [5.41, 5.74) is 3.34. The Morgan fingerprint density at radius 1 is 1.10 bits per heavy atom. The summed E-state index contributed by atoms with van der Waals surface area (Å²) >= 11 is 0. The molecule has 0 spiro atoms. The normalized spacial score (nSPS) is 20.3. The first-order chi connectivity index (χ1) is 10.3. The summed E-state index contributed by atoms with van der Waals surface area (Å²) in [6.45, 7) is 2.56. The molecule has 0 amide bonds. The molecule has 0 aliphatic carbocycles. The monoisotopic (exact) mass is 283 g/mol. The Balaban J connectivity index is 1.60. The summed E-state index contributed by atoms with van der Waals surface area (Å²) in [6, 6.07) is 14.2. The van der Waals surface area contributed by atoms with Crippen molar-refractivity contribution in [1.29, 1.82) is 0 Å². The van der Waals surface area contributed by atoms with Crippen LogP contribution in [0.25, 0.3) is 0 Å². The lowest BCUT2D eigenvalue weighted by atomic mass is 9.96. The third-order valence-electron chi connectivity index (χ3n) is 4.07. The van der Waals surface area contributed by atoms with Gasteiger partial charge in [-0.2, -0.15) is 0 Å². The molecule has 21 heavy (non-hydrogen) atoms. The number of aliphatic hydroxyl groups excluding tert-OH is 1. The van der Waals surface area contributed by atoms with Gasteiger partial charge in [0.05, 0.1) is 6.10 Å². The van der Waals surface area contributed by atoms with Crippen LogP contribution in [-0.2, 0) is 13.1 Å². The first-order valence-corrected chi connectivity index (χ1v) is 7.16. The van der Waals surface area contributed by atoms with Crippen LogP contribution in [0.5, 0.6) is 11.5 Å². The van der Waals surface area contributed by atoms with E-state index in [4.69, 9.17) is 9.47 Å². The quantitative estimate of drug-likeness (QED) is 0.919. The second-order valence-electron chi connectivity index (χ2n) is 5.58. The van der Waals surface area contributed by atoms with Gasteiger partial charge in [-0.25, -0.2) is 0 Å². The Morgan fingerprint density at radius 2 is 1.86 bits per heavy atom. The van der Waals surface area contributed by atoms with Gasteiger partial charge < -0.3 is 14.6 Å². The summed E-state index contributed by atoms with van der Waals surface area (Å²) < 4.78 is 10.8. The molecule has 0 radical (unpaired) electrons. The highest BCUT2D eigenvalue weighted by Crippen LogP contribution is 2.39. The lowest BCUT2D eigenvalue weighted by Crippen LogP contribution is -2.33. The van der Waals surface area contributed by atoms with Crippen molar-refractivity contribution in [3.63, 3.8) is 0 Å². The van der Waals surface area contributed by atoms with Gasteiger partial charge in [-0.1, -0.05) is 30.3 Å². The van der Waals surface area contributed by atoms with E-state index in [9.17, 15) is 5.11 Å². The molecule has 4 nitrogen and oxygen atoms in total. The molecule has 1 N–H and O–H groups in total. The number of rotatable bonds is 2. The average molecular weight is 283 g/mol. The number of nitrogens with zero attached hydrogens (tertiary/aromatic N) is 1. The fourth-order valence-corrected chi connectivity index (χ4v) is 3.06. The van der Waals surface area contributed by atoms with E-state index in [1.54, 1.807) is 0 Å². The second kappa shape index (κ2) is 5.06. The molecular weight excluding hydrogens is 266 g/mol. The molecule has 0 saturated carbocycles. The van der Waals surface area contributed by atoms with E-state index in [-0.39, 0.29) is 6.79 Å². The fraction of sp³-hybridized carbons (Fsp3) is 0.294. The molecule has 4 rings (SSSR count). The van der Waals surface area contributed by atoms with Crippen LogP contribution in [-0.4, -0.2) is 23.3 Å². The van der Waals surface area contributed by atoms with Gasteiger partial charge in [0.25, 0.3) is 0 Å². The zero-order chi connectivity index (χ0) is 14.2. The highest BCUT2D eigenvalue weighted by molar-refractivity contribution is 5.50. The number of ether oxygens (including phenoxy) is 2. The number of aliphatic hydroxyl groups is 1. The summed E-state index contributed by atoms with van der Waals surface area (Å²) in [5.74, 6) is 1.52. The number of β-amino-alcohol motifs (C(OH)–C–C–N with tert-alkyl or cyclic N) is 1. The van der Waals surface area contributed by atoms with E-state index >= 15 is 0 Å². The van der Waals surface area contributed by atoms with Crippen LogP contribution in [0.3, 0.4) is 0 Å². The number of hydrogen-bond acceptors (Lipinski definition) is 4. The predicted octanol–water partition coefficient (Wildman–Crippen LogP) is 2.46. The average Bonchev–Trinajstić information content (AvgIpc) is 2.94. The number of fused-ring (bicyclic) bond motifs is 2. The Labute approximate surface area is 123 Å². The standard InChI is InChI=1S/C17H17NO3/c19-15-10-18(8-12-4-2-1-3-5-12)9-13-6-16-17(7-14(13)15)21-11-20-16/h1-7,15,19H,8-11H2. The zero-order valence-electron chi connectivity index (χ0n) is 11.7. The minimum Gasteiger partial charge on any atom is -0.454 e. The molecular formula is C17H17NO3. The molecule has 2 aliphatic heterocycles. The van der Waals surface area contributed by atoms with Crippen LogP contribution >= 0.6 is 0 Å². The Morgan fingerprint density at radius 3 is 2.67 bits per heavy atom. The van der Waals surface area contributed by atoms with Crippen molar-refractivity contribution in [2.45, 2.75) is 19.2 Å². The maximum atomic E-state index is 10.4. The molecule has 0 saturated heterocycles. The summed E-state index contributed by atoms with van der Waals surface area (Å²) in [4.78, 5) is 2.25. The van der Waals surface area contributed by atoms with Crippen molar-refractivity contribution in [3.8, 4) is 11.5 Å². The maximum Gasteiger partial charge on any atom is 0.231 e. The molecule has 2 aromatic rings. The van der Waals surface area contributed by atoms with Crippen LogP contribution in [0.4, 0.5) is 0 Å². The Bertz CT molecular complexity index is 657. The first kappa shape index (κ1) is 12.7. The third-order valence-corrected chi connectivity index (χ3v) is 4.07. The van der Waals surface area contributed by atoms with E-state index in [1.165, 1.54) is 5.56 Å². The minimum absolute atomic E-state index is 0.266. The predicted molar refractivity (Wildman–Crippen MR) is 78.1 cm³/mol. The molecule has 2 aromatic carbocycles. The van der Waals surface area contributed by atoms with Gasteiger partial charge in [0.2, 0.25) is 6.79 Å². The van der Waals surface area contributed by atoms with Gasteiger partial charge in [0, 0.05) is 19.6 Å². The summed E-state index contributed by atoms with van der Waals surface area (Å²) in [7, 11) is 0. The van der Waals surface area contributed by atoms with Crippen LogP contribution in [0.2, 0.25) is 0 Å². The molecule has 108 valence electrons. The highest BCUT2D eigenvalue weighted by Gasteiger charge is 2.27. The summed E-state index contributed by atoms with van der Waals surface area (Å²) in [6.07, 6.45) is -0.480. The first-order valence-electron chi connectivity index (χ1n) is 7.16. The van der Waals surface area contributed by atoms with Crippen LogP contribution in [0.1, 0.15) is 22.8 Å². The molecule has 0 fully saturated rings. The molecule has 4 heteroatoms. The van der Waals surface area contributed by atoms with Gasteiger partial charge in [-0.15, -0.1) is 0 Å².